The van der Waals surface area contributed by atoms with E-state index in [1.807, 2.05) is 0 Å². The molecule has 0 saturated heterocycles. The Morgan fingerprint density at radius 1 is 1.38 bits per heavy atom. The molecule has 21 heavy (non-hydrogen) atoms. The standard InChI is InChI=1S/C17H24O4/c1-12(2)5-4-6-13(3)9-10-21-14-7-8-15(17(19)20)16(18)11-14/h5,7-8,11,13,18H,4,6,9-10H2,1-3H3,(H,19,20)/p-1. The summed E-state index contributed by atoms with van der Waals surface area (Å²) in [5.74, 6) is -0.747. The number of carbonyl (C=O) groups is 1. The molecule has 0 radical (unpaired) electrons. The van der Waals surface area contributed by atoms with Crippen LogP contribution >= 0.6 is 0 Å². The molecule has 0 aliphatic heterocycles. The van der Waals surface area contributed by atoms with Gasteiger partial charge in [0.15, 0.2) is 0 Å². The Kier molecular flexibility index (Phi) is 6.79. The highest BCUT2D eigenvalue weighted by molar-refractivity contribution is 5.90. The second-order valence-electron chi connectivity index (χ2n) is 5.56. The van der Waals surface area contributed by atoms with E-state index >= 15 is 0 Å². The highest BCUT2D eigenvalue weighted by atomic mass is 16.5. The summed E-state index contributed by atoms with van der Waals surface area (Å²) in [7, 11) is 0. The van der Waals surface area contributed by atoms with Gasteiger partial charge in [-0.3, -0.25) is 0 Å². The predicted octanol–water partition coefficient (Wildman–Crippen LogP) is 3.61. The Bertz CT molecular complexity index is 502. The lowest BCUT2D eigenvalue weighted by Gasteiger charge is -2.14. The van der Waals surface area contributed by atoms with Crippen LogP contribution in [0.2, 0.25) is 0 Å². The Morgan fingerprint density at radius 2 is 2.10 bits per heavy atom. The Hall–Kier alpha value is -1.97. The first-order valence-electron chi connectivity index (χ1n) is 7.20. The number of hydrogen-bond acceptors (Lipinski definition) is 3. The first-order valence-corrected chi connectivity index (χ1v) is 7.20. The third-order valence-electron chi connectivity index (χ3n) is 3.27. The summed E-state index contributed by atoms with van der Waals surface area (Å²) in [6.45, 7) is 6.89. The minimum Gasteiger partial charge on any atom is -0.872 e. The van der Waals surface area contributed by atoms with Gasteiger partial charge in [-0.05, 0) is 57.2 Å². The summed E-state index contributed by atoms with van der Waals surface area (Å²) in [5.41, 5.74) is 1.11. The SMILES string of the molecule is CC(C)=CCCC(C)CCOc1ccc(C(=O)O)c([O-])c1. The van der Waals surface area contributed by atoms with E-state index in [1.165, 1.54) is 23.8 Å². The quantitative estimate of drug-likeness (QED) is 0.743. The third-order valence-corrected chi connectivity index (χ3v) is 3.27. The van der Waals surface area contributed by atoms with Crippen molar-refractivity contribution in [1.29, 1.82) is 0 Å². The normalized spacial score (nSPS) is 11.8. The van der Waals surface area contributed by atoms with E-state index in [1.54, 1.807) is 0 Å². The van der Waals surface area contributed by atoms with Crippen LogP contribution in [-0.4, -0.2) is 17.7 Å². The molecule has 0 spiro atoms. The summed E-state index contributed by atoms with van der Waals surface area (Å²) < 4.78 is 5.51. The Labute approximate surface area is 126 Å². The van der Waals surface area contributed by atoms with E-state index in [4.69, 9.17) is 9.84 Å². The lowest BCUT2D eigenvalue weighted by atomic mass is 10.0. The van der Waals surface area contributed by atoms with Crippen LogP contribution in [0.15, 0.2) is 29.8 Å². The number of carboxylic acid groups (broad SMARTS) is 1. The topological polar surface area (TPSA) is 69.6 Å². The summed E-state index contributed by atoms with van der Waals surface area (Å²) in [4.78, 5) is 10.7. The van der Waals surface area contributed by atoms with Crippen LogP contribution in [0.4, 0.5) is 0 Å². The van der Waals surface area contributed by atoms with Crippen LogP contribution < -0.4 is 9.84 Å². The van der Waals surface area contributed by atoms with Gasteiger partial charge in [0.2, 0.25) is 0 Å². The fourth-order valence-electron chi connectivity index (χ4n) is 1.95. The largest absolute Gasteiger partial charge is 0.872 e. The van der Waals surface area contributed by atoms with Gasteiger partial charge in [0, 0.05) is 0 Å². The van der Waals surface area contributed by atoms with Crippen molar-refractivity contribution in [3.8, 4) is 11.5 Å². The van der Waals surface area contributed by atoms with E-state index in [9.17, 15) is 9.90 Å². The smallest absolute Gasteiger partial charge is 0.335 e. The number of ether oxygens (including phenoxy) is 1. The van der Waals surface area contributed by atoms with E-state index in [0.29, 0.717) is 18.3 Å². The van der Waals surface area contributed by atoms with Crippen LogP contribution in [0.1, 0.15) is 50.4 Å². The Morgan fingerprint density at radius 3 is 2.67 bits per heavy atom. The zero-order chi connectivity index (χ0) is 15.8. The maximum atomic E-state index is 11.5. The fraction of sp³-hybridized carbons (Fsp3) is 0.471. The molecule has 1 N–H and O–H groups in total. The summed E-state index contributed by atoms with van der Waals surface area (Å²) in [6.07, 6.45) is 5.32. The second-order valence-corrected chi connectivity index (χ2v) is 5.56. The van der Waals surface area contributed by atoms with Crippen LogP contribution in [0.25, 0.3) is 0 Å². The lowest BCUT2D eigenvalue weighted by molar-refractivity contribution is -0.268. The number of allylic oxidation sites excluding steroid dienone is 2. The maximum Gasteiger partial charge on any atom is 0.335 e. The van der Waals surface area contributed by atoms with E-state index in [0.717, 1.165) is 19.3 Å². The molecule has 0 heterocycles. The van der Waals surface area contributed by atoms with Crippen LogP contribution in [-0.2, 0) is 0 Å². The minimum atomic E-state index is -1.21. The molecule has 0 saturated carbocycles. The van der Waals surface area contributed by atoms with Gasteiger partial charge in [0.1, 0.15) is 5.75 Å². The van der Waals surface area contributed by atoms with Gasteiger partial charge in [0.05, 0.1) is 12.2 Å². The van der Waals surface area contributed by atoms with Gasteiger partial charge in [-0.1, -0.05) is 24.3 Å². The van der Waals surface area contributed by atoms with Gasteiger partial charge in [-0.15, -0.1) is 0 Å². The molecule has 116 valence electrons. The minimum absolute atomic E-state index is 0.225. The van der Waals surface area contributed by atoms with Gasteiger partial charge >= 0.3 is 5.97 Å². The molecule has 1 aromatic carbocycles. The third kappa shape index (κ3) is 6.34. The number of rotatable bonds is 8. The van der Waals surface area contributed by atoms with E-state index < -0.39 is 11.7 Å². The molecule has 4 heteroatoms. The molecule has 4 nitrogen and oxygen atoms in total. The average molecular weight is 291 g/mol. The van der Waals surface area contributed by atoms with E-state index in [2.05, 4.69) is 26.8 Å². The second kappa shape index (κ2) is 8.35. The molecule has 1 atom stereocenters. The molecule has 0 aromatic heterocycles. The maximum absolute atomic E-state index is 11.5. The van der Waals surface area contributed by atoms with Crippen molar-refractivity contribution in [2.75, 3.05) is 6.61 Å². The number of carboxylic acids is 1. The molecule has 0 aliphatic carbocycles. The highest BCUT2D eigenvalue weighted by Crippen LogP contribution is 2.22. The van der Waals surface area contributed by atoms with Crippen LogP contribution in [0.3, 0.4) is 0 Å². The van der Waals surface area contributed by atoms with Gasteiger partial charge in [-0.25, -0.2) is 4.79 Å². The van der Waals surface area contributed by atoms with Crippen molar-refractivity contribution in [3.63, 3.8) is 0 Å². The van der Waals surface area contributed by atoms with Crippen LogP contribution in [0.5, 0.6) is 11.5 Å². The van der Waals surface area contributed by atoms with Crippen molar-refractivity contribution in [1.82, 2.24) is 0 Å². The zero-order valence-electron chi connectivity index (χ0n) is 12.9. The van der Waals surface area contributed by atoms with Crippen molar-refractivity contribution >= 4 is 5.97 Å². The Balaban J connectivity index is 2.37. The fourth-order valence-corrected chi connectivity index (χ4v) is 1.95. The molecule has 0 amide bonds. The number of aromatic carboxylic acids is 1. The molecule has 0 fully saturated rings. The van der Waals surface area contributed by atoms with Crippen LogP contribution in [0, 0.1) is 5.92 Å². The first kappa shape index (κ1) is 17.1. The van der Waals surface area contributed by atoms with Gasteiger partial charge in [-0.2, -0.15) is 0 Å². The van der Waals surface area contributed by atoms with Gasteiger partial charge in [0.25, 0.3) is 0 Å². The van der Waals surface area contributed by atoms with Gasteiger partial charge < -0.3 is 14.9 Å². The van der Waals surface area contributed by atoms with Crippen molar-refractivity contribution in [3.05, 3.63) is 35.4 Å². The molecule has 1 unspecified atom stereocenters. The van der Waals surface area contributed by atoms with Crippen molar-refractivity contribution < 1.29 is 19.7 Å². The first-order chi connectivity index (χ1) is 9.90. The monoisotopic (exact) mass is 291 g/mol. The predicted molar refractivity (Wildman–Crippen MR) is 80.8 cm³/mol. The molecule has 0 aliphatic rings. The summed E-state index contributed by atoms with van der Waals surface area (Å²) >= 11 is 0. The average Bonchev–Trinajstić information content (AvgIpc) is 2.37. The molecule has 1 aromatic rings. The zero-order valence-corrected chi connectivity index (χ0v) is 12.9. The number of benzene rings is 1. The van der Waals surface area contributed by atoms with E-state index in [-0.39, 0.29) is 5.56 Å². The number of hydrogen-bond donors (Lipinski definition) is 1. The molecule has 0 bridgehead atoms. The van der Waals surface area contributed by atoms with Crippen molar-refractivity contribution in [2.45, 2.75) is 40.0 Å². The summed E-state index contributed by atoms with van der Waals surface area (Å²) in [5, 5.41) is 20.3. The summed E-state index contributed by atoms with van der Waals surface area (Å²) in [6, 6.07) is 4.05. The molecular weight excluding hydrogens is 268 g/mol. The molecular formula is C17H23O4-. The highest BCUT2D eigenvalue weighted by Gasteiger charge is 2.06. The molecule has 1 rings (SSSR count). The lowest BCUT2D eigenvalue weighted by Crippen LogP contribution is -2.06. The van der Waals surface area contributed by atoms with Crippen molar-refractivity contribution in [2.24, 2.45) is 5.92 Å².